The van der Waals surface area contributed by atoms with Crippen molar-refractivity contribution in [1.29, 1.82) is 0 Å². The van der Waals surface area contributed by atoms with Crippen LogP contribution in [0.5, 0.6) is 0 Å². The maximum Gasteiger partial charge on any atom is 0.250 e. The lowest BCUT2D eigenvalue weighted by Gasteiger charge is -2.29. The summed E-state index contributed by atoms with van der Waals surface area (Å²) >= 11 is 12.2. The second kappa shape index (κ2) is 7.34. The van der Waals surface area contributed by atoms with Crippen LogP contribution in [0.25, 0.3) is 0 Å². The van der Waals surface area contributed by atoms with E-state index in [1.165, 1.54) is 7.11 Å². The van der Waals surface area contributed by atoms with E-state index in [0.29, 0.717) is 10.7 Å². The van der Waals surface area contributed by atoms with Gasteiger partial charge in [-0.05, 0) is 18.2 Å². The number of anilines is 1. The number of carbonyl (C=O) groups is 1. The van der Waals surface area contributed by atoms with Crippen LogP contribution in [-0.4, -0.2) is 37.4 Å². The number of aliphatic imine (C=N–C) groups is 1. The van der Waals surface area contributed by atoms with Crippen molar-refractivity contribution < 1.29 is 9.53 Å². The second-order valence-electron chi connectivity index (χ2n) is 5.30. The first-order chi connectivity index (χ1) is 11.7. The summed E-state index contributed by atoms with van der Waals surface area (Å²) in [5.41, 5.74) is 3.13. The number of ether oxygens (including phenoxy) is 1. The quantitative estimate of drug-likeness (QED) is 0.777. The fourth-order valence-electron chi connectivity index (χ4n) is 2.75. The van der Waals surface area contributed by atoms with E-state index in [1.807, 2.05) is 36.4 Å². The number of carbonyl (C=O) groups excluding carboxylic acids is 1. The summed E-state index contributed by atoms with van der Waals surface area (Å²) in [5, 5.41) is 0.575. The summed E-state index contributed by atoms with van der Waals surface area (Å²) in [4.78, 5) is 18.7. The summed E-state index contributed by atoms with van der Waals surface area (Å²) in [5.74, 6) is -0.0117. The molecule has 1 atom stereocenters. The van der Waals surface area contributed by atoms with Crippen LogP contribution < -0.4 is 4.90 Å². The Labute approximate surface area is 150 Å². The van der Waals surface area contributed by atoms with Gasteiger partial charge in [0, 0.05) is 23.3 Å². The lowest BCUT2D eigenvalue weighted by atomic mass is 10.00. The van der Waals surface area contributed by atoms with Gasteiger partial charge in [-0.3, -0.25) is 14.7 Å². The summed E-state index contributed by atoms with van der Waals surface area (Å²) in [6.07, 6.45) is -0.565. The molecule has 24 heavy (non-hydrogen) atoms. The lowest BCUT2D eigenvalue weighted by molar-refractivity contribution is -0.119. The molecule has 0 fully saturated rings. The molecule has 124 valence electrons. The van der Waals surface area contributed by atoms with Gasteiger partial charge in [-0.25, -0.2) is 0 Å². The van der Waals surface area contributed by atoms with Crippen molar-refractivity contribution in [2.24, 2.45) is 4.99 Å². The SMILES string of the molecule is COC(CCl)N1C(=O)CN=C(c2ccccc2)c2cc(Cl)ccc21. The van der Waals surface area contributed by atoms with Crippen LogP contribution in [0.2, 0.25) is 5.02 Å². The second-order valence-corrected chi connectivity index (χ2v) is 6.05. The predicted molar refractivity (Wildman–Crippen MR) is 97.4 cm³/mol. The molecule has 2 aromatic rings. The molecule has 4 nitrogen and oxygen atoms in total. The highest BCUT2D eigenvalue weighted by Gasteiger charge is 2.30. The third kappa shape index (κ3) is 3.18. The van der Waals surface area contributed by atoms with Gasteiger partial charge < -0.3 is 4.74 Å². The molecule has 1 amide bonds. The molecule has 1 aliphatic rings. The highest BCUT2D eigenvalue weighted by atomic mass is 35.5. The molecular formula is C18H16Cl2N2O2. The number of hydrogen-bond acceptors (Lipinski definition) is 3. The molecule has 0 aromatic heterocycles. The molecule has 6 heteroatoms. The first kappa shape index (κ1) is 17.0. The van der Waals surface area contributed by atoms with Gasteiger partial charge in [-0.15, -0.1) is 11.6 Å². The number of benzene rings is 2. The van der Waals surface area contributed by atoms with Crippen LogP contribution in [0.4, 0.5) is 5.69 Å². The van der Waals surface area contributed by atoms with Gasteiger partial charge in [0.1, 0.15) is 12.8 Å². The van der Waals surface area contributed by atoms with E-state index in [1.54, 1.807) is 17.0 Å². The van der Waals surface area contributed by atoms with E-state index in [0.717, 1.165) is 16.8 Å². The van der Waals surface area contributed by atoms with E-state index in [-0.39, 0.29) is 18.3 Å². The highest BCUT2D eigenvalue weighted by molar-refractivity contribution is 6.32. The topological polar surface area (TPSA) is 41.9 Å². The van der Waals surface area contributed by atoms with Crippen molar-refractivity contribution >= 4 is 40.5 Å². The number of rotatable bonds is 4. The number of methoxy groups -OCH3 is 1. The van der Waals surface area contributed by atoms with Gasteiger partial charge >= 0.3 is 0 Å². The molecule has 2 aromatic carbocycles. The van der Waals surface area contributed by atoms with Gasteiger partial charge in [0.2, 0.25) is 0 Å². The van der Waals surface area contributed by atoms with Crippen molar-refractivity contribution in [2.75, 3.05) is 24.4 Å². The van der Waals surface area contributed by atoms with Crippen molar-refractivity contribution in [3.8, 4) is 0 Å². The zero-order valence-electron chi connectivity index (χ0n) is 13.1. The largest absolute Gasteiger partial charge is 0.360 e. The van der Waals surface area contributed by atoms with Gasteiger partial charge in [-0.1, -0.05) is 41.9 Å². The van der Waals surface area contributed by atoms with Crippen LogP contribution in [0.3, 0.4) is 0 Å². The molecule has 0 N–H and O–H groups in total. The Morgan fingerprint density at radius 3 is 2.67 bits per heavy atom. The van der Waals surface area contributed by atoms with Crippen LogP contribution >= 0.6 is 23.2 Å². The Bertz CT molecular complexity index is 774. The number of alkyl halides is 1. The normalized spacial score (nSPS) is 15.5. The number of amides is 1. The number of benzodiazepines with no additional fused rings is 1. The minimum atomic E-state index is -0.565. The monoisotopic (exact) mass is 362 g/mol. The van der Waals surface area contributed by atoms with E-state index >= 15 is 0 Å². The summed E-state index contributed by atoms with van der Waals surface area (Å²) < 4.78 is 5.38. The van der Waals surface area contributed by atoms with Gasteiger partial charge in [0.05, 0.1) is 17.3 Å². The van der Waals surface area contributed by atoms with Gasteiger partial charge in [0.25, 0.3) is 5.91 Å². The number of hydrogen-bond donors (Lipinski definition) is 0. The van der Waals surface area contributed by atoms with Crippen molar-refractivity contribution in [2.45, 2.75) is 6.23 Å². The van der Waals surface area contributed by atoms with E-state index < -0.39 is 6.23 Å². The third-order valence-corrected chi connectivity index (χ3v) is 4.35. The third-order valence-electron chi connectivity index (χ3n) is 3.85. The average molecular weight is 363 g/mol. The molecule has 0 saturated carbocycles. The molecular weight excluding hydrogens is 347 g/mol. The van der Waals surface area contributed by atoms with E-state index in [9.17, 15) is 4.79 Å². The average Bonchev–Trinajstić information content (AvgIpc) is 2.74. The van der Waals surface area contributed by atoms with Crippen molar-refractivity contribution in [1.82, 2.24) is 0 Å². The Hall–Kier alpha value is -1.88. The fraction of sp³-hybridized carbons (Fsp3) is 0.222. The highest BCUT2D eigenvalue weighted by Crippen LogP contribution is 2.31. The molecule has 0 saturated heterocycles. The van der Waals surface area contributed by atoms with Gasteiger partial charge in [-0.2, -0.15) is 0 Å². The van der Waals surface area contributed by atoms with Crippen LogP contribution in [0.1, 0.15) is 11.1 Å². The molecule has 1 unspecified atom stereocenters. The zero-order chi connectivity index (χ0) is 17.1. The number of nitrogens with zero attached hydrogens (tertiary/aromatic N) is 2. The molecule has 0 radical (unpaired) electrons. The maximum absolute atomic E-state index is 12.6. The molecule has 1 heterocycles. The molecule has 3 rings (SSSR count). The van der Waals surface area contributed by atoms with Crippen LogP contribution in [-0.2, 0) is 9.53 Å². The standard InChI is InChI=1S/C18H16Cl2N2O2/c1-24-17(10-19)22-15-8-7-13(20)9-14(15)18(21-11-16(22)23)12-5-3-2-4-6-12/h2-9,17H,10-11H2,1H3. The van der Waals surface area contributed by atoms with Gasteiger partial charge in [0.15, 0.2) is 0 Å². The first-order valence-corrected chi connectivity index (χ1v) is 8.37. The summed E-state index contributed by atoms with van der Waals surface area (Å²) in [7, 11) is 1.53. The molecule has 1 aliphatic heterocycles. The Kier molecular flexibility index (Phi) is 5.19. The van der Waals surface area contributed by atoms with Crippen LogP contribution in [0, 0.1) is 0 Å². The Morgan fingerprint density at radius 1 is 1.25 bits per heavy atom. The smallest absolute Gasteiger partial charge is 0.250 e. The summed E-state index contributed by atoms with van der Waals surface area (Å²) in [6.45, 7) is 0.0211. The number of fused-ring (bicyclic) bond motifs is 1. The van der Waals surface area contributed by atoms with Crippen molar-refractivity contribution in [3.63, 3.8) is 0 Å². The minimum Gasteiger partial charge on any atom is -0.360 e. The molecule has 0 aliphatic carbocycles. The van der Waals surface area contributed by atoms with E-state index in [2.05, 4.69) is 4.99 Å². The Morgan fingerprint density at radius 2 is 2.00 bits per heavy atom. The van der Waals surface area contributed by atoms with Crippen molar-refractivity contribution in [3.05, 3.63) is 64.7 Å². The molecule has 0 bridgehead atoms. The Balaban J connectivity index is 2.19. The summed E-state index contributed by atoms with van der Waals surface area (Å²) in [6, 6.07) is 15.1. The first-order valence-electron chi connectivity index (χ1n) is 7.46. The zero-order valence-corrected chi connectivity index (χ0v) is 14.6. The maximum atomic E-state index is 12.6. The van der Waals surface area contributed by atoms with E-state index in [4.69, 9.17) is 27.9 Å². The predicted octanol–water partition coefficient (Wildman–Crippen LogP) is 3.74. The van der Waals surface area contributed by atoms with Crippen LogP contribution in [0.15, 0.2) is 53.5 Å². The molecule has 0 spiro atoms. The number of halogens is 2. The lowest BCUT2D eigenvalue weighted by Crippen LogP contribution is -2.44. The minimum absolute atomic E-state index is 0.0211. The fourth-order valence-corrected chi connectivity index (χ4v) is 3.18.